The molecule has 0 N–H and O–H groups in total. The van der Waals surface area contributed by atoms with Crippen LogP contribution in [0.1, 0.15) is 0 Å². The molecule has 0 saturated carbocycles. The van der Waals surface area contributed by atoms with Crippen LogP contribution in [-0.2, 0) is 0 Å². The zero-order valence-electron chi connectivity index (χ0n) is 30.0. The molecule has 5 heteroatoms. The Morgan fingerprint density at radius 3 is 1.46 bits per heavy atom. The quantitative estimate of drug-likeness (QED) is 0.178. The smallest absolute Gasteiger partial charge is 0.164 e. The summed E-state index contributed by atoms with van der Waals surface area (Å²) in [5.41, 5.74) is 10.3. The lowest BCUT2D eigenvalue weighted by Crippen LogP contribution is -2.02. The number of hydrogen-bond donors (Lipinski definition) is 0. The van der Waals surface area contributed by atoms with Crippen molar-refractivity contribution in [2.75, 3.05) is 0 Å². The van der Waals surface area contributed by atoms with E-state index in [4.69, 9.17) is 19.4 Å². The average molecular weight is 715 g/mol. The number of fused-ring (bicyclic) bond motifs is 1. The standard InChI is InChI=1S/C51H30N4O/c1-3-11-31(12-4-1)32-21-23-36(24-22-32)50-52-49(35-13-5-2-6-14-35)53-51(54-50)39-27-30-40(38-18-8-7-17-37(38)39)55-41-28-25-33-15-9-19-43-45(33)47(41)48-42(55)29-26-34-16-10-20-44(56-43)46(34)48/h1-30H. The Kier molecular flexibility index (Phi) is 6.56. The van der Waals surface area contributed by atoms with E-state index in [1.807, 2.05) is 24.3 Å². The van der Waals surface area contributed by atoms with Crippen molar-refractivity contribution in [3.63, 3.8) is 0 Å². The lowest BCUT2D eigenvalue weighted by Gasteiger charge is -2.15. The maximum atomic E-state index is 6.68. The molecule has 0 bridgehead atoms. The van der Waals surface area contributed by atoms with Gasteiger partial charge in [-0.1, -0.05) is 146 Å². The molecule has 0 saturated heterocycles. The zero-order valence-corrected chi connectivity index (χ0v) is 30.0. The Hall–Kier alpha value is -7.63. The van der Waals surface area contributed by atoms with Gasteiger partial charge >= 0.3 is 0 Å². The highest BCUT2D eigenvalue weighted by Gasteiger charge is 2.23. The van der Waals surface area contributed by atoms with Crippen molar-refractivity contribution >= 4 is 65.3 Å². The lowest BCUT2D eigenvalue weighted by molar-refractivity contribution is 0.664. The van der Waals surface area contributed by atoms with Crippen LogP contribution < -0.4 is 0 Å². The van der Waals surface area contributed by atoms with Gasteiger partial charge in [0.15, 0.2) is 17.5 Å². The predicted molar refractivity (Wildman–Crippen MR) is 229 cm³/mol. The maximum Gasteiger partial charge on any atom is 0.164 e. The maximum absolute atomic E-state index is 6.68. The van der Waals surface area contributed by atoms with Gasteiger partial charge in [0, 0.05) is 43.6 Å². The van der Waals surface area contributed by atoms with Crippen LogP contribution in [-0.4, -0.2) is 19.5 Å². The van der Waals surface area contributed by atoms with Crippen LogP contribution in [0.5, 0.6) is 0 Å². The molecule has 0 fully saturated rings. The number of benzene rings is 9. The second-order valence-electron chi connectivity index (χ2n) is 14.4. The summed E-state index contributed by atoms with van der Waals surface area (Å²) in [5, 5.41) is 9.20. The summed E-state index contributed by atoms with van der Waals surface area (Å²) in [7, 11) is 0. The van der Waals surface area contributed by atoms with Crippen LogP contribution >= 0.6 is 0 Å². The summed E-state index contributed by atoms with van der Waals surface area (Å²) in [6.45, 7) is 0. The minimum Gasteiger partial charge on any atom is -0.456 e. The Morgan fingerprint density at radius 2 is 0.839 bits per heavy atom. The van der Waals surface area contributed by atoms with E-state index in [0.29, 0.717) is 17.5 Å². The van der Waals surface area contributed by atoms with Gasteiger partial charge in [-0.15, -0.1) is 0 Å². The number of aromatic nitrogens is 4. The molecule has 3 heterocycles. The van der Waals surface area contributed by atoms with Crippen molar-refractivity contribution in [1.82, 2.24) is 19.5 Å². The number of hydrogen-bond acceptors (Lipinski definition) is 4. The lowest BCUT2D eigenvalue weighted by atomic mass is 10.00. The first-order valence-corrected chi connectivity index (χ1v) is 18.9. The van der Waals surface area contributed by atoms with Gasteiger partial charge in [-0.3, -0.25) is 0 Å². The van der Waals surface area contributed by atoms with E-state index < -0.39 is 0 Å². The van der Waals surface area contributed by atoms with Crippen molar-refractivity contribution in [2.24, 2.45) is 0 Å². The van der Waals surface area contributed by atoms with E-state index in [2.05, 4.69) is 162 Å². The zero-order chi connectivity index (χ0) is 36.7. The highest BCUT2D eigenvalue weighted by molar-refractivity contribution is 6.33. The second-order valence-corrected chi connectivity index (χ2v) is 14.4. The van der Waals surface area contributed by atoms with Gasteiger partial charge < -0.3 is 8.98 Å². The highest BCUT2D eigenvalue weighted by atomic mass is 16.3. The van der Waals surface area contributed by atoms with Crippen LogP contribution in [0.4, 0.5) is 0 Å². The Balaban J connectivity index is 1.10. The Labute approximate surface area is 321 Å². The molecule has 12 aromatic rings. The Morgan fingerprint density at radius 1 is 0.339 bits per heavy atom. The first-order valence-electron chi connectivity index (χ1n) is 18.9. The largest absolute Gasteiger partial charge is 0.456 e. The van der Waals surface area contributed by atoms with Crippen molar-refractivity contribution in [3.8, 4) is 51.0 Å². The van der Waals surface area contributed by atoms with E-state index in [9.17, 15) is 0 Å². The van der Waals surface area contributed by atoms with Gasteiger partial charge in [-0.2, -0.15) is 0 Å². The van der Waals surface area contributed by atoms with Crippen molar-refractivity contribution in [3.05, 3.63) is 182 Å². The third-order valence-electron chi connectivity index (χ3n) is 11.2. The normalized spacial score (nSPS) is 11.9. The van der Waals surface area contributed by atoms with Crippen LogP contribution in [0.15, 0.2) is 186 Å². The first-order chi connectivity index (χ1) is 27.8. The highest BCUT2D eigenvalue weighted by Crippen LogP contribution is 2.46. The minimum atomic E-state index is 0.629. The molecule has 0 aliphatic carbocycles. The van der Waals surface area contributed by atoms with E-state index in [1.165, 1.54) is 16.3 Å². The van der Waals surface area contributed by atoms with E-state index in [-0.39, 0.29) is 0 Å². The van der Waals surface area contributed by atoms with Gasteiger partial charge in [0.2, 0.25) is 0 Å². The predicted octanol–water partition coefficient (Wildman–Crippen LogP) is 13.3. The summed E-state index contributed by atoms with van der Waals surface area (Å²) in [6, 6.07) is 63.7. The van der Waals surface area contributed by atoms with E-state index in [1.54, 1.807) is 0 Å². The van der Waals surface area contributed by atoms with Crippen LogP contribution in [0.2, 0.25) is 0 Å². The SMILES string of the molecule is c1ccc(-c2ccc(-c3nc(-c4ccccc4)nc(-c4ccc(-n5c6ccc7cccc8oc9cccc%10ccc5c(c%109)c6c78)c5ccccc45)n3)cc2)cc1. The molecule has 0 aliphatic rings. The summed E-state index contributed by atoms with van der Waals surface area (Å²) < 4.78 is 9.10. The third kappa shape index (κ3) is 4.58. The fourth-order valence-electron chi connectivity index (χ4n) is 8.68. The summed E-state index contributed by atoms with van der Waals surface area (Å²) in [5.74, 6) is 1.89. The summed E-state index contributed by atoms with van der Waals surface area (Å²) in [6.07, 6.45) is 0. The average Bonchev–Trinajstić information content (AvgIpc) is 3.52. The number of rotatable bonds is 5. The monoisotopic (exact) mass is 714 g/mol. The van der Waals surface area contributed by atoms with Crippen molar-refractivity contribution in [2.45, 2.75) is 0 Å². The van der Waals surface area contributed by atoms with Gasteiger partial charge in [-0.25, -0.2) is 15.0 Å². The van der Waals surface area contributed by atoms with Gasteiger partial charge in [0.25, 0.3) is 0 Å². The molecule has 9 aromatic carbocycles. The molecule has 0 atom stereocenters. The van der Waals surface area contributed by atoms with Crippen molar-refractivity contribution < 1.29 is 4.42 Å². The first kappa shape index (κ1) is 30.8. The molecule has 3 aromatic heterocycles. The van der Waals surface area contributed by atoms with Crippen molar-refractivity contribution in [1.29, 1.82) is 0 Å². The molecule has 0 unspecified atom stereocenters. The fraction of sp³-hybridized carbons (Fsp3) is 0. The van der Waals surface area contributed by atoms with Crippen LogP contribution in [0, 0.1) is 0 Å². The molecule has 0 radical (unpaired) electrons. The molecule has 260 valence electrons. The van der Waals surface area contributed by atoms with Crippen LogP contribution in [0.3, 0.4) is 0 Å². The number of nitrogens with zero attached hydrogens (tertiary/aromatic N) is 4. The molecule has 0 aliphatic heterocycles. The molecule has 12 rings (SSSR count). The summed E-state index contributed by atoms with van der Waals surface area (Å²) >= 11 is 0. The Bertz CT molecular complexity index is 3350. The van der Waals surface area contributed by atoms with E-state index in [0.717, 1.165) is 82.5 Å². The fourth-order valence-corrected chi connectivity index (χ4v) is 8.68. The third-order valence-corrected chi connectivity index (χ3v) is 11.2. The molecular weight excluding hydrogens is 685 g/mol. The van der Waals surface area contributed by atoms with E-state index >= 15 is 0 Å². The van der Waals surface area contributed by atoms with Crippen LogP contribution in [0.25, 0.3) is 116 Å². The molecule has 5 nitrogen and oxygen atoms in total. The van der Waals surface area contributed by atoms with Gasteiger partial charge in [0.05, 0.1) is 16.7 Å². The topological polar surface area (TPSA) is 56.7 Å². The summed E-state index contributed by atoms with van der Waals surface area (Å²) in [4.78, 5) is 15.4. The second kappa shape index (κ2) is 11.9. The van der Waals surface area contributed by atoms with Gasteiger partial charge in [0.1, 0.15) is 11.2 Å². The molecule has 0 spiro atoms. The minimum absolute atomic E-state index is 0.629. The van der Waals surface area contributed by atoms with Gasteiger partial charge in [-0.05, 0) is 63.7 Å². The molecule has 56 heavy (non-hydrogen) atoms. The molecular formula is C51H30N4O. The molecule has 0 amide bonds.